The van der Waals surface area contributed by atoms with Gasteiger partial charge in [-0.3, -0.25) is 4.79 Å². The molecular weight excluding hydrogens is 438 g/mol. The van der Waals surface area contributed by atoms with Crippen LogP contribution in [0.5, 0.6) is 5.75 Å². The van der Waals surface area contributed by atoms with E-state index in [-0.39, 0.29) is 24.1 Å². The summed E-state index contributed by atoms with van der Waals surface area (Å²) in [6.45, 7) is 2.00. The molecule has 2 unspecified atom stereocenters. The Morgan fingerprint density at radius 3 is 2.26 bits per heavy atom. The number of aromatic hydroxyl groups is 1. The van der Waals surface area contributed by atoms with Gasteiger partial charge >= 0.3 is 5.97 Å². The molecule has 0 radical (unpaired) electrons. The summed E-state index contributed by atoms with van der Waals surface area (Å²) < 4.78 is 5.70. The van der Waals surface area contributed by atoms with Gasteiger partial charge in [0.1, 0.15) is 12.4 Å². The fourth-order valence-corrected chi connectivity index (χ4v) is 5.07. The van der Waals surface area contributed by atoms with Crippen molar-refractivity contribution >= 4 is 11.8 Å². The number of dihydropyridines is 1. The van der Waals surface area contributed by atoms with Crippen molar-refractivity contribution in [3.8, 4) is 5.75 Å². The van der Waals surface area contributed by atoms with E-state index in [1.165, 1.54) is 0 Å². The van der Waals surface area contributed by atoms with Crippen molar-refractivity contribution in [3.63, 3.8) is 0 Å². The van der Waals surface area contributed by atoms with Crippen molar-refractivity contribution in [1.29, 1.82) is 0 Å². The lowest BCUT2D eigenvalue weighted by Crippen LogP contribution is -2.36. The first-order chi connectivity index (χ1) is 17.0. The summed E-state index contributed by atoms with van der Waals surface area (Å²) in [6, 6.07) is 26.3. The van der Waals surface area contributed by atoms with E-state index >= 15 is 0 Å². The maximum Gasteiger partial charge on any atom is 0.337 e. The largest absolute Gasteiger partial charge is 0.508 e. The Morgan fingerprint density at radius 1 is 0.914 bits per heavy atom. The predicted octanol–water partition coefficient (Wildman–Crippen LogP) is 5.50. The van der Waals surface area contributed by atoms with Gasteiger partial charge < -0.3 is 15.2 Å². The van der Waals surface area contributed by atoms with Crippen LogP contribution < -0.4 is 5.32 Å². The van der Waals surface area contributed by atoms with Crippen LogP contribution in [0.4, 0.5) is 0 Å². The number of nitrogens with one attached hydrogen (secondary N) is 1. The molecule has 5 heteroatoms. The molecule has 3 aromatic carbocycles. The Bertz CT molecular complexity index is 1310. The minimum atomic E-state index is -0.556. The van der Waals surface area contributed by atoms with Crippen molar-refractivity contribution in [1.82, 2.24) is 5.32 Å². The predicted molar refractivity (Wildman–Crippen MR) is 133 cm³/mol. The van der Waals surface area contributed by atoms with Gasteiger partial charge in [0.15, 0.2) is 5.78 Å². The third-order valence-electron chi connectivity index (χ3n) is 6.76. The highest BCUT2D eigenvalue weighted by molar-refractivity contribution is 6.04. The molecule has 0 saturated carbocycles. The minimum Gasteiger partial charge on any atom is -0.508 e. The van der Waals surface area contributed by atoms with E-state index in [2.05, 4.69) is 17.4 Å². The van der Waals surface area contributed by atoms with Crippen LogP contribution in [0.1, 0.15) is 48.3 Å². The van der Waals surface area contributed by atoms with Gasteiger partial charge in [0.25, 0.3) is 0 Å². The molecule has 0 spiro atoms. The second-order valence-corrected chi connectivity index (χ2v) is 9.08. The Balaban J connectivity index is 1.51. The molecule has 1 aliphatic heterocycles. The van der Waals surface area contributed by atoms with E-state index < -0.39 is 11.9 Å². The number of phenols is 1. The topological polar surface area (TPSA) is 75.6 Å². The van der Waals surface area contributed by atoms with Crippen molar-refractivity contribution in [2.45, 2.75) is 38.2 Å². The molecule has 1 aliphatic carbocycles. The summed E-state index contributed by atoms with van der Waals surface area (Å²) in [4.78, 5) is 27.0. The van der Waals surface area contributed by atoms with Gasteiger partial charge in [-0.1, -0.05) is 72.8 Å². The molecule has 0 aromatic heterocycles. The van der Waals surface area contributed by atoms with Gasteiger partial charge in [-0.15, -0.1) is 0 Å². The zero-order valence-corrected chi connectivity index (χ0v) is 19.5. The average molecular weight is 466 g/mol. The van der Waals surface area contributed by atoms with Crippen LogP contribution in [0.2, 0.25) is 0 Å². The van der Waals surface area contributed by atoms with E-state index in [0.717, 1.165) is 22.4 Å². The van der Waals surface area contributed by atoms with Gasteiger partial charge in [0.05, 0.1) is 5.57 Å². The van der Waals surface area contributed by atoms with Crippen LogP contribution in [-0.4, -0.2) is 16.9 Å². The number of ketones is 1. The van der Waals surface area contributed by atoms with Crippen molar-refractivity contribution in [3.05, 3.63) is 124 Å². The molecule has 3 aromatic rings. The minimum absolute atomic E-state index is 0.0199. The van der Waals surface area contributed by atoms with Crippen LogP contribution >= 0.6 is 0 Å². The Labute approximate surface area is 204 Å². The van der Waals surface area contributed by atoms with E-state index in [0.29, 0.717) is 29.7 Å². The molecule has 1 heterocycles. The number of ether oxygens (including phenoxy) is 1. The fraction of sp³-hybridized carbons (Fsp3) is 0.200. The molecular formula is C30H27NO4. The van der Waals surface area contributed by atoms with Crippen LogP contribution in [0, 0.1) is 0 Å². The van der Waals surface area contributed by atoms with Crippen LogP contribution in [-0.2, 0) is 20.9 Å². The summed E-state index contributed by atoms with van der Waals surface area (Å²) in [5, 5.41) is 13.2. The van der Waals surface area contributed by atoms with Gasteiger partial charge in [0, 0.05) is 29.3 Å². The van der Waals surface area contributed by atoms with Gasteiger partial charge in [-0.05, 0) is 48.1 Å². The third kappa shape index (κ3) is 4.62. The second-order valence-electron chi connectivity index (χ2n) is 9.08. The molecule has 176 valence electrons. The van der Waals surface area contributed by atoms with Crippen LogP contribution in [0.25, 0.3) is 0 Å². The summed E-state index contributed by atoms with van der Waals surface area (Å²) in [7, 11) is 0. The number of rotatable bonds is 5. The molecule has 0 amide bonds. The van der Waals surface area contributed by atoms with Gasteiger partial charge in [-0.25, -0.2) is 4.79 Å². The number of allylic oxidation sites excluding steroid dienone is 3. The highest BCUT2D eigenvalue weighted by atomic mass is 16.5. The first-order valence-electron chi connectivity index (χ1n) is 11.8. The van der Waals surface area contributed by atoms with Crippen LogP contribution in [0.15, 0.2) is 107 Å². The first-order valence-corrected chi connectivity index (χ1v) is 11.8. The molecule has 0 bridgehead atoms. The zero-order valence-electron chi connectivity index (χ0n) is 19.5. The number of carbonyl (C=O) groups excluding carboxylic acids is 2. The highest BCUT2D eigenvalue weighted by Crippen LogP contribution is 2.45. The SMILES string of the molecule is CC1=C(C(=O)OCc2ccccc2)C(c2ccc(O)cc2)C2=C(CC(c3ccccc3)CC2=O)N1. The number of esters is 1. The number of hydrogen-bond acceptors (Lipinski definition) is 5. The molecule has 2 atom stereocenters. The van der Waals surface area contributed by atoms with Crippen LogP contribution in [0.3, 0.4) is 0 Å². The molecule has 2 aliphatic rings. The summed E-state index contributed by atoms with van der Waals surface area (Å²) in [5.74, 6) is -0.785. The lowest BCUT2D eigenvalue weighted by Gasteiger charge is -2.36. The highest BCUT2D eigenvalue weighted by Gasteiger charge is 2.41. The summed E-state index contributed by atoms with van der Waals surface area (Å²) in [6.07, 6.45) is 1.06. The zero-order chi connectivity index (χ0) is 24.4. The monoisotopic (exact) mass is 465 g/mol. The third-order valence-corrected chi connectivity index (χ3v) is 6.76. The molecule has 5 nitrogen and oxygen atoms in total. The maximum absolute atomic E-state index is 13.6. The first kappa shape index (κ1) is 22.7. The molecule has 0 fully saturated rings. The van der Waals surface area contributed by atoms with Crippen molar-refractivity contribution in [2.75, 3.05) is 0 Å². The maximum atomic E-state index is 13.6. The van der Waals surface area contributed by atoms with E-state index in [9.17, 15) is 14.7 Å². The second kappa shape index (κ2) is 9.63. The lowest BCUT2D eigenvalue weighted by molar-refractivity contribution is -0.140. The Morgan fingerprint density at radius 2 is 1.57 bits per heavy atom. The number of carbonyl (C=O) groups is 2. The van der Waals surface area contributed by atoms with E-state index in [4.69, 9.17) is 4.74 Å². The Hall–Kier alpha value is -4.12. The number of Topliss-reactive ketones (excluding diaryl/α,β-unsaturated/α-hetero) is 1. The quantitative estimate of drug-likeness (QED) is 0.487. The standard InChI is InChI=1S/C30H27NO4/c1-19-27(30(34)35-18-20-8-4-2-5-9-20)28(22-12-14-24(32)15-13-22)29-25(31-19)16-23(17-26(29)33)21-10-6-3-7-11-21/h2-15,23,28,31-32H,16-18H2,1H3. The van der Waals surface area contributed by atoms with E-state index in [1.54, 1.807) is 24.3 Å². The van der Waals surface area contributed by atoms with Crippen molar-refractivity contribution in [2.24, 2.45) is 0 Å². The van der Waals surface area contributed by atoms with Crippen molar-refractivity contribution < 1.29 is 19.4 Å². The number of hydrogen-bond donors (Lipinski definition) is 2. The lowest BCUT2D eigenvalue weighted by atomic mass is 9.72. The molecule has 5 rings (SSSR count). The smallest absolute Gasteiger partial charge is 0.337 e. The average Bonchev–Trinajstić information content (AvgIpc) is 2.88. The van der Waals surface area contributed by atoms with E-state index in [1.807, 2.05) is 55.5 Å². The fourth-order valence-electron chi connectivity index (χ4n) is 5.07. The molecule has 35 heavy (non-hydrogen) atoms. The molecule has 0 saturated heterocycles. The van der Waals surface area contributed by atoms with Gasteiger partial charge in [-0.2, -0.15) is 0 Å². The van der Waals surface area contributed by atoms with Gasteiger partial charge in [0.2, 0.25) is 0 Å². The number of phenolic OH excluding ortho intramolecular Hbond substituents is 1. The number of benzene rings is 3. The summed E-state index contributed by atoms with van der Waals surface area (Å²) >= 11 is 0. The molecule has 2 N–H and O–H groups in total. The Kier molecular flexibility index (Phi) is 6.23. The summed E-state index contributed by atoms with van der Waals surface area (Å²) in [5.41, 5.74) is 5.37. The normalized spacial score (nSPS) is 19.7.